The Morgan fingerprint density at radius 3 is 2.63 bits per heavy atom. The molecule has 164 valence electrons. The molecule has 2 saturated heterocycles. The lowest BCUT2D eigenvalue weighted by molar-refractivity contribution is 0.195. The number of hydrogen-bond donors (Lipinski definition) is 2. The maximum absolute atomic E-state index is 14.5. The number of hydrogen-bond acceptors (Lipinski definition) is 9. The summed E-state index contributed by atoms with van der Waals surface area (Å²) in [7, 11) is -3.18. The van der Waals surface area contributed by atoms with Crippen LogP contribution in [0.25, 0.3) is 10.6 Å². The van der Waals surface area contributed by atoms with Gasteiger partial charge in [0.05, 0.1) is 35.7 Å². The molecule has 30 heavy (non-hydrogen) atoms. The number of halogens is 1. The van der Waals surface area contributed by atoms with Gasteiger partial charge in [0, 0.05) is 25.7 Å². The van der Waals surface area contributed by atoms with Crippen LogP contribution < -0.4 is 10.6 Å². The second-order valence-corrected chi connectivity index (χ2v) is 10.6. The fourth-order valence-corrected chi connectivity index (χ4v) is 5.52. The Balaban J connectivity index is 1.47. The van der Waals surface area contributed by atoms with Gasteiger partial charge in [-0.3, -0.25) is 0 Å². The fraction of sp³-hybridized carbons (Fsp3) is 0.611. The smallest absolute Gasteiger partial charge is 0.223 e. The maximum atomic E-state index is 14.5. The van der Waals surface area contributed by atoms with Crippen molar-refractivity contribution in [3.05, 3.63) is 17.7 Å². The molecule has 2 aliphatic heterocycles. The predicted octanol–water partition coefficient (Wildman–Crippen LogP) is 2.08. The van der Waals surface area contributed by atoms with Crippen LogP contribution in [0, 0.1) is 12.7 Å². The number of rotatable bonds is 6. The predicted molar refractivity (Wildman–Crippen MR) is 114 cm³/mol. The summed E-state index contributed by atoms with van der Waals surface area (Å²) in [5.41, 5.74) is 0.915. The van der Waals surface area contributed by atoms with Crippen LogP contribution >= 0.6 is 11.3 Å². The van der Waals surface area contributed by atoms with Gasteiger partial charge in [0.1, 0.15) is 5.69 Å². The number of sulfonamides is 1. The van der Waals surface area contributed by atoms with Crippen LogP contribution in [0.5, 0.6) is 0 Å². The van der Waals surface area contributed by atoms with Gasteiger partial charge < -0.3 is 15.4 Å². The Morgan fingerprint density at radius 2 is 1.97 bits per heavy atom. The fourth-order valence-electron chi connectivity index (χ4n) is 3.61. The molecule has 1 unspecified atom stereocenters. The van der Waals surface area contributed by atoms with E-state index in [2.05, 4.69) is 25.6 Å². The molecule has 0 radical (unpaired) electrons. The molecular weight excluding hydrogens is 431 g/mol. The largest absolute Gasteiger partial charge is 0.379 e. The molecule has 0 bridgehead atoms. The highest BCUT2D eigenvalue weighted by atomic mass is 32.2. The Labute approximate surface area is 179 Å². The minimum Gasteiger partial charge on any atom is -0.379 e. The molecule has 0 aromatic carbocycles. The molecule has 1 atom stereocenters. The Kier molecular flexibility index (Phi) is 6.19. The van der Waals surface area contributed by atoms with Crippen molar-refractivity contribution in [2.24, 2.45) is 0 Å². The summed E-state index contributed by atoms with van der Waals surface area (Å²) in [6.07, 6.45) is 4.58. The maximum Gasteiger partial charge on any atom is 0.223 e. The van der Waals surface area contributed by atoms with Crippen LogP contribution in [-0.4, -0.2) is 72.3 Å². The van der Waals surface area contributed by atoms with Crippen LogP contribution in [-0.2, 0) is 14.8 Å². The number of nitrogens with one attached hydrogen (secondary N) is 2. The number of aromatic nitrogens is 3. The van der Waals surface area contributed by atoms with Crippen molar-refractivity contribution in [3.63, 3.8) is 0 Å². The molecular formula is C18H25FN6O3S2. The molecule has 0 aliphatic carbocycles. The van der Waals surface area contributed by atoms with Crippen LogP contribution in [0.1, 0.15) is 25.0 Å². The minimum atomic E-state index is -3.18. The zero-order valence-corrected chi connectivity index (χ0v) is 18.5. The van der Waals surface area contributed by atoms with E-state index >= 15 is 0 Å². The first-order chi connectivity index (χ1) is 14.3. The quantitative estimate of drug-likeness (QED) is 0.680. The van der Waals surface area contributed by atoms with Gasteiger partial charge in [-0.1, -0.05) is 11.3 Å². The van der Waals surface area contributed by atoms with Gasteiger partial charge in [-0.2, -0.15) is 0 Å². The van der Waals surface area contributed by atoms with E-state index in [-0.39, 0.29) is 17.8 Å². The zero-order chi connectivity index (χ0) is 21.3. The highest BCUT2D eigenvalue weighted by Gasteiger charge is 2.26. The molecule has 4 heterocycles. The molecule has 4 rings (SSSR count). The summed E-state index contributed by atoms with van der Waals surface area (Å²) >= 11 is 1.36. The average molecular weight is 457 g/mol. The van der Waals surface area contributed by atoms with Crippen LogP contribution in [0.15, 0.2) is 6.20 Å². The van der Waals surface area contributed by atoms with E-state index in [0.29, 0.717) is 49.1 Å². The molecule has 2 N–H and O–H groups in total. The highest BCUT2D eigenvalue weighted by Crippen LogP contribution is 2.34. The average Bonchev–Trinajstić information content (AvgIpc) is 3.33. The molecule has 0 amide bonds. The van der Waals surface area contributed by atoms with Crippen molar-refractivity contribution < 1.29 is 17.5 Å². The van der Waals surface area contributed by atoms with Crippen LogP contribution in [0.2, 0.25) is 0 Å². The molecule has 2 aromatic rings. The number of piperidine rings is 1. The molecule has 2 fully saturated rings. The molecule has 0 spiro atoms. The van der Waals surface area contributed by atoms with Crippen LogP contribution in [0.4, 0.5) is 15.5 Å². The lowest BCUT2D eigenvalue weighted by Crippen LogP contribution is -2.42. The molecule has 9 nitrogen and oxygen atoms in total. The van der Waals surface area contributed by atoms with E-state index < -0.39 is 15.8 Å². The zero-order valence-electron chi connectivity index (χ0n) is 16.9. The topological polar surface area (TPSA) is 109 Å². The number of ether oxygens (including phenoxy) is 1. The molecule has 2 aliphatic rings. The number of nitrogens with zero attached hydrogens (tertiary/aromatic N) is 4. The van der Waals surface area contributed by atoms with E-state index in [1.54, 1.807) is 0 Å². The summed E-state index contributed by atoms with van der Waals surface area (Å²) < 4.78 is 44.7. The molecule has 0 saturated carbocycles. The van der Waals surface area contributed by atoms with E-state index in [1.165, 1.54) is 21.9 Å². The van der Waals surface area contributed by atoms with Gasteiger partial charge in [-0.15, -0.1) is 0 Å². The van der Waals surface area contributed by atoms with Crippen LogP contribution in [0.3, 0.4) is 0 Å². The van der Waals surface area contributed by atoms with E-state index in [1.807, 2.05) is 6.92 Å². The van der Waals surface area contributed by atoms with Crippen molar-refractivity contribution in [1.29, 1.82) is 0 Å². The summed E-state index contributed by atoms with van der Waals surface area (Å²) in [5.74, 6) is -0.175. The third kappa shape index (κ3) is 4.88. The monoisotopic (exact) mass is 456 g/mol. The summed E-state index contributed by atoms with van der Waals surface area (Å²) in [5, 5.41) is 7.27. The van der Waals surface area contributed by atoms with Gasteiger partial charge in [-0.25, -0.2) is 32.1 Å². The third-order valence-corrected chi connectivity index (χ3v) is 7.67. The van der Waals surface area contributed by atoms with E-state index in [4.69, 9.17) is 4.74 Å². The van der Waals surface area contributed by atoms with Gasteiger partial charge in [0.15, 0.2) is 10.9 Å². The Morgan fingerprint density at radius 1 is 1.20 bits per heavy atom. The third-order valence-electron chi connectivity index (χ3n) is 5.27. The molecule has 2 aromatic heterocycles. The molecule has 12 heteroatoms. The van der Waals surface area contributed by atoms with E-state index in [9.17, 15) is 12.8 Å². The first kappa shape index (κ1) is 21.3. The second kappa shape index (κ2) is 8.69. The van der Waals surface area contributed by atoms with Crippen molar-refractivity contribution in [1.82, 2.24) is 19.3 Å². The Hall–Kier alpha value is -1.89. The first-order valence-corrected chi connectivity index (χ1v) is 12.5. The van der Waals surface area contributed by atoms with Crippen molar-refractivity contribution >= 4 is 32.4 Å². The van der Waals surface area contributed by atoms with Crippen molar-refractivity contribution in [2.45, 2.75) is 38.3 Å². The van der Waals surface area contributed by atoms with Gasteiger partial charge in [0.25, 0.3) is 0 Å². The van der Waals surface area contributed by atoms with Gasteiger partial charge in [0.2, 0.25) is 16.0 Å². The summed E-state index contributed by atoms with van der Waals surface area (Å²) in [6, 6.07) is 0.247. The summed E-state index contributed by atoms with van der Waals surface area (Å²) in [6.45, 7) is 4.09. The standard InChI is InChI=1S/C18H25FN6O3S2/c1-11-16(29-18(21-11)23-13-5-8-28-10-13)15-14(19)9-20-17(24-15)22-12-3-6-25(7-4-12)30(2,26)27/h9,12-13H,3-8,10H2,1-2H3,(H,21,23)(H,20,22,24). The van der Waals surface area contributed by atoms with E-state index in [0.717, 1.165) is 24.4 Å². The lowest BCUT2D eigenvalue weighted by atomic mass is 10.1. The lowest BCUT2D eigenvalue weighted by Gasteiger charge is -2.30. The Bertz CT molecular complexity index is 1000. The van der Waals surface area contributed by atoms with Crippen molar-refractivity contribution in [3.8, 4) is 10.6 Å². The number of aryl methyl sites for hydroxylation is 1. The SMILES string of the molecule is Cc1nc(NC2CCOC2)sc1-c1nc(NC2CCN(S(C)(=O)=O)CC2)ncc1F. The van der Waals surface area contributed by atoms with Crippen molar-refractivity contribution in [2.75, 3.05) is 43.2 Å². The normalized spacial score (nSPS) is 21.1. The number of thiazole rings is 1. The summed E-state index contributed by atoms with van der Waals surface area (Å²) in [4.78, 5) is 13.6. The van der Waals surface area contributed by atoms with Gasteiger partial charge >= 0.3 is 0 Å². The minimum absolute atomic E-state index is 0.0310. The van der Waals surface area contributed by atoms with Gasteiger partial charge in [-0.05, 0) is 26.2 Å². The number of anilines is 2. The highest BCUT2D eigenvalue weighted by molar-refractivity contribution is 7.88. The first-order valence-electron chi connectivity index (χ1n) is 9.86. The second-order valence-electron chi connectivity index (χ2n) is 7.61.